The molecule has 0 saturated heterocycles. The Morgan fingerprint density at radius 2 is 2.29 bits per heavy atom. The highest BCUT2D eigenvalue weighted by Gasteiger charge is 2.19. The lowest BCUT2D eigenvalue weighted by atomic mass is 10.2. The number of anilines is 1. The molecular formula is C13H18N4O3S. The molecule has 0 fully saturated rings. The van der Waals surface area contributed by atoms with Crippen molar-refractivity contribution in [3.05, 3.63) is 21.3 Å². The molecule has 2 heterocycles. The van der Waals surface area contributed by atoms with Crippen LogP contribution in [0.3, 0.4) is 0 Å². The van der Waals surface area contributed by atoms with Crippen LogP contribution in [0.15, 0.2) is 10.2 Å². The molecule has 0 bridgehead atoms. The summed E-state index contributed by atoms with van der Waals surface area (Å²) in [5, 5.41) is 1.64. The van der Waals surface area contributed by atoms with Crippen LogP contribution in [0.4, 0.5) is 5.95 Å². The summed E-state index contributed by atoms with van der Waals surface area (Å²) in [6.45, 7) is 3.67. The predicted octanol–water partition coefficient (Wildman–Crippen LogP) is 1.07. The zero-order valence-corrected chi connectivity index (χ0v) is 12.8. The van der Waals surface area contributed by atoms with E-state index in [9.17, 15) is 9.59 Å². The molecule has 3 N–H and O–H groups in total. The molecule has 0 unspecified atom stereocenters. The number of hydrogen-bond donors (Lipinski definition) is 2. The second kappa shape index (κ2) is 6.68. The van der Waals surface area contributed by atoms with Crippen molar-refractivity contribution in [1.29, 1.82) is 0 Å². The Labute approximate surface area is 125 Å². The molecule has 0 saturated carbocycles. The lowest BCUT2D eigenvalue weighted by Gasteiger charge is -2.16. The number of hydrogen-bond acceptors (Lipinski definition) is 6. The SMILES string of the molecule is CCCOCCN(C)C(=O)c1csc2c(=O)[nH]c(N)nc12. The maximum atomic E-state index is 12.4. The van der Waals surface area contributed by atoms with Gasteiger partial charge in [0.05, 0.1) is 12.2 Å². The number of rotatable bonds is 6. The van der Waals surface area contributed by atoms with Crippen molar-refractivity contribution >= 4 is 33.4 Å². The van der Waals surface area contributed by atoms with Gasteiger partial charge in [0.2, 0.25) is 5.95 Å². The van der Waals surface area contributed by atoms with Crippen LogP contribution in [-0.2, 0) is 4.74 Å². The van der Waals surface area contributed by atoms with Crippen LogP contribution in [0.1, 0.15) is 23.7 Å². The number of likely N-dealkylation sites (N-methyl/N-ethyl adjacent to an activating group) is 1. The van der Waals surface area contributed by atoms with Gasteiger partial charge in [-0.05, 0) is 6.42 Å². The zero-order valence-electron chi connectivity index (χ0n) is 12.0. The van der Waals surface area contributed by atoms with Crippen molar-refractivity contribution in [1.82, 2.24) is 14.9 Å². The molecule has 21 heavy (non-hydrogen) atoms. The van der Waals surface area contributed by atoms with Gasteiger partial charge in [-0.15, -0.1) is 11.3 Å². The first kappa shape index (κ1) is 15.5. The summed E-state index contributed by atoms with van der Waals surface area (Å²) < 4.78 is 5.77. The maximum Gasteiger partial charge on any atom is 0.270 e. The summed E-state index contributed by atoms with van der Waals surface area (Å²) in [6.07, 6.45) is 0.943. The fourth-order valence-corrected chi connectivity index (χ4v) is 2.73. The number of nitrogen functional groups attached to an aromatic ring is 1. The number of fused-ring (bicyclic) bond motifs is 1. The predicted molar refractivity (Wildman–Crippen MR) is 82.7 cm³/mol. The number of H-pyrrole nitrogens is 1. The second-order valence-corrected chi connectivity index (χ2v) is 5.50. The fourth-order valence-electron chi connectivity index (χ4n) is 1.85. The number of aromatic amines is 1. The van der Waals surface area contributed by atoms with Crippen molar-refractivity contribution in [2.24, 2.45) is 0 Å². The summed E-state index contributed by atoms with van der Waals surface area (Å²) >= 11 is 1.19. The number of nitrogens with two attached hydrogens (primary N) is 1. The minimum atomic E-state index is -0.324. The molecular weight excluding hydrogens is 292 g/mol. The third kappa shape index (κ3) is 3.40. The Balaban J connectivity index is 2.18. The minimum Gasteiger partial charge on any atom is -0.380 e. The third-order valence-corrected chi connectivity index (χ3v) is 3.91. The smallest absolute Gasteiger partial charge is 0.270 e. The molecule has 0 spiro atoms. The number of ether oxygens (including phenoxy) is 1. The Kier molecular flexibility index (Phi) is 4.92. The van der Waals surface area contributed by atoms with Crippen LogP contribution in [0, 0.1) is 0 Å². The van der Waals surface area contributed by atoms with Gasteiger partial charge in [0.15, 0.2) is 0 Å². The zero-order chi connectivity index (χ0) is 15.4. The molecule has 0 aliphatic carbocycles. The largest absolute Gasteiger partial charge is 0.380 e. The average Bonchev–Trinajstić information content (AvgIpc) is 2.86. The van der Waals surface area contributed by atoms with E-state index in [-0.39, 0.29) is 17.4 Å². The van der Waals surface area contributed by atoms with E-state index in [1.165, 1.54) is 11.3 Å². The van der Waals surface area contributed by atoms with Gasteiger partial charge in [-0.3, -0.25) is 14.6 Å². The first-order valence-electron chi connectivity index (χ1n) is 6.64. The van der Waals surface area contributed by atoms with Gasteiger partial charge in [-0.25, -0.2) is 4.98 Å². The van der Waals surface area contributed by atoms with Crippen LogP contribution in [0.5, 0.6) is 0 Å². The van der Waals surface area contributed by atoms with E-state index >= 15 is 0 Å². The van der Waals surface area contributed by atoms with Gasteiger partial charge in [-0.2, -0.15) is 0 Å². The Hall–Kier alpha value is -1.93. The lowest BCUT2D eigenvalue weighted by molar-refractivity contribution is 0.0698. The second-order valence-electron chi connectivity index (χ2n) is 4.62. The summed E-state index contributed by atoms with van der Waals surface area (Å²) in [5.41, 5.74) is 5.96. The highest BCUT2D eigenvalue weighted by atomic mass is 32.1. The van der Waals surface area contributed by atoms with Gasteiger partial charge < -0.3 is 15.4 Å². The monoisotopic (exact) mass is 310 g/mol. The van der Waals surface area contributed by atoms with Crippen molar-refractivity contribution in [2.45, 2.75) is 13.3 Å². The van der Waals surface area contributed by atoms with Gasteiger partial charge in [-0.1, -0.05) is 6.92 Å². The van der Waals surface area contributed by atoms with Gasteiger partial charge in [0.1, 0.15) is 10.2 Å². The first-order chi connectivity index (χ1) is 10.0. The molecule has 1 amide bonds. The summed E-state index contributed by atoms with van der Waals surface area (Å²) in [6, 6.07) is 0. The lowest BCUT2D eigenvalue weighted by Crippen LogP contribution is -2.30. The number of nitrogens with one attached hydrogen (secondary N) is 1. The van der Waals surface area contributed by atoms with Gasteiger partial charge in [0, 0.05) is 25.6 Å². The number of aromatic nitrogens is 2. The number of thiophene rings is 1. The van der Waals surface area contributed by atoms with Crippen molar-refractivity contribution in [2.75, 3.05) is 32.5 Å². The highest BCUT2D eigenvalue weighted by molar-refractivity contribution is 7.17. The standard InChI is InChI=1S/C13H18N4O3S/c1-3-5-20-6-4-17(2)12(19)8-7-21-10-9(8)15-13(14)16-11(10)18/h7H,3-6H2,1-2H3,(H3,14,15,16,18). The average molecular weight is 310 g/mol. The molecule has 2 rings (SSSR count). The molecule has 0 aliphatic rings. The summed E-state index contributed by atoms with van der Waals surface area (Å²) in [7, 11) is 1.69. The molecule has 0 aliphatic heterocycles. The summed E-state index contributed by atoms with van der Waals surface area (Å²) in [4.78, 5) is 32.2. The van der Waals surface area contributed by atoms with E-state index in [1.54, 1.807) is 17.3 Å². The molecule has 0 aromatic carbocycles. The minimum absolute atomic E-state index is 0.00822. The molecule has 2 aromatic heterocycles. The molecule has 2 aromatic rings. The van der Waals surface area contributed by atoms with Crippen LogP contribution in [0.25, 0.3) is 10.2 Å². The van der Waals surface area contributed by atoms with Crippen molar-refractivity contribution < 1.29 is 9.53 Å². The molecule has 114 valence electrons. The fraction of sp³-hybridized carbons (Fsp3) is 0.462. The van der Waals surface area contributed by atoms with Crippen molar-refractivity contribution in [3.63, 3.8) is 0 Å². The van der Waals surface area contributed by atoms with Crippen LogP contribution in [0.2, 0.25) is 0 Å². The maximum absolute atomic E-state index is 12.4. The topological polar surface area (TPSA) is 101 Å². The van der Waals surface area contributed by atoms with E-state index < -0.39 is 0 Å². The quantitative estimate of drug-likeness (QED) is 0.777. The molecule has 0 radical (unpaired) electrons. The molecule has 7 nitrogen and oxygen atoms in total. The van der Waals surface area contributed by atoms with E-state index in [4.69, 9.17) is 10.5 Å². The number of amides is 1. The first-order valence-corrected chi connectivity index (χ1v) is 7.52. The normalized spacial score (nSPS) is 11.0. The molecule has 0 atom stereocenters. The van der Waals surface area contributed by atoms with Crippen LogP contribution < -0.4 is 11.3 Å². The molecule has 8 heteroatoms. The van der Waals surface area contributed by atoms with E-state index in [0.29, 0.717) is 35.5 Å². The Morgan fingerprint density at radius 3 is 3.00 bits per heavy atom. The third-order valence-electron chi connectivity index (χ3n) is 2.94. The summed E-state index contributed by atoms with van der Waals surface area (Å²) in [5.74, 6) is -0.187. The Morgan fingerprint density at radius 1 is 1.52 bits per heavy atom. The Bertz CT molecular complexity index is 694. The van der Waals surface area contributed by atoms with Crippen LogP contribution >= 0.6 is 11.3 Å². The van der Waals surface area contributed by atoms with Crippen molar-refractivity contribution in [3.8, 4) is 0 Å². The number of carbonyl (C=O) groups excluding carboxylic acids is 1. The number of carbonyl (C=O) groups is 1. The van der Waals surface area contributed by atoms with Gasteiger partial charge in [0.25, 0.3) is 11.5 Å². The van der Waals surface area contributed by atoms with E-state index in [0.717, 1.165) is 6.42 Å². The van der Waals surface area contributed by atoms with Crippen LogP contribution in [-0.4, -0.2) is 47.6 Å². The highest BCUT2D eigenvalue weighted by Crippen LogP contribution is 2.22. The van der Waals surface area contributed by atoms with Gasteiger partial charge >= 0.3 is 0 Å². The van der Waals surface area contributed by atoms with E-state index in [1.807, 2.05) is 6.92 Å². The van der Waals surface area contributed by atoms with E-state index in [2.05, 4.69) is 9.97 Å². The number of nitrogens with zero attached hydrogens (tertiary/aromatic N) is 2.